The van der Waals surface area contributed by atoms with Crippen LogP contribution in [0.15, 0.2) is 36.4 Å². The van der Waals surface area contributed by atoms with Crippen LogP contribution in [0.3, 0.4) is 0 Å². The van der Waals surface area contributed by atoms with Crippen molar-refractivity contribution >= 4 is 17.2 Å². The molecule has 0 saturated carbocycles. The van der Waals surface area contributed by atoms with Gasteiger partial charge in [0.1, 0.15) is 10.7 Å². The van der Waals surface area contributed by atoms with E-state index in [0.29, 0.717) is 16.9 Å². The highest BCUT2D eigenvalue weighted by molar-refractivity contribution is 7.80. The number of benzene rings is 2. The van der Waals surface area contributed by atoms with E-state index in [1.54, 1.807) is 37.3 Å². The number of thiocarbonyl (C=S) groups is 1. The van der Waals surface area contributed by atoms with Crippen LogP contribution in [0.1, 0.15) is 16.7 Å². The lowest BCUT2D eigenvalue weighted by Gasteiger charge is -2.12. The van der Waals surface area contributed by atoms with Crippen LogP contribution < -0.4 is 10.5 Å². The molecule has 0 aliphatic carbocycles. The Morgan fingerprint density at radius 1 is 1.16 bits per heavy atom. The van der Waals surface area contributed by atoms with E-state index in [1.165, 1.54) is 0 Å². The van der Waals surface area contributed by atoms with Crippen LogP contribution in [-0.2, 0) is 0 Å². The van der Waals surface area contributed by atoms with Crippen LogP contribution in [0.2, 0.25) is 0 Å². The molecule has 0 unspecified atom stereocenters. The Morgan fingerprint density at radius 2 is 1.89 bits per heavy atom. The zero-order chi connectivity index (χ0) is 14.0. The second kappa shape index (κ2) is 5.36. The van der Waals surface area contributed by atoms with E-state index in [2.05, 4.69) is 0 Å². The Morgan fingerprint density at radius 3 is 2.58 bits per heavy atom. The molecule has 0 atom stereocenters. The second-order valence-electron chi connectivity index (χ2n) is 4.35. The van der Waals surface area contributed by atoms with Gasteiger partial charge in [-0.3, -0.25) is 0 Å². The summed E-state index contributed by atoms with van der Waals surface area (Å²) in [5.74, 6) is 0.262. The molecule has 0 heterocycles. The number of rotatable bonds is 3. The minimum absolute atomic E-state index is 0.170. The van der Waals surface area contributed by atoms with Gasteiger partial charge in [-0.25, -0.2) is 4.39 Å². The highest BCUT2D eigenvalue weighted by Gasteiger charge is 2.11. The first kappa shape index (κ1) is 13.5. The fraction of sp³-hybridized carbons (Fsp3) is 0.133. The van der Waals surface area contributed by atoms with E-state index in [9.17, 15) is 4.39 Å². The van der Waals surface area contributed by atoms with Gasteiger partial charge in [-0.2, -0.15) is 0 Å². The van der Waals surface area contributed by atoms with Crippen LogP contribution in [0.4, 0.5) is 4.39 Å². The maximum atomic E-state index is 13.9. The molecular weight excluding hydrogens is 261 g/mol. The van der Waals surface area contributed by atoms with Gasteiger partial charge in [0.15, 0.2) is 11.6 Å². The summed E-state index contributed by atoms with van der Waals surface area (Å²) in [7, 11) is 0. The third-order valence-corrected chi connectivity index (χ3v) is 3.00. The van der Waals surface area contributed by atoms with Crippen LogP contribution in [0.25, 0.3) is 0 Å². The van der Waals surface area contributed by atoms with Crippen molar-refractivity contribution in [1.29, 1.82) is 0 Å². The third-order valence-electron chi connectivity index (χ3n) is 2.78. The summed E-state index contributed by atoms with van der Waals surface area (Å²) in [4.78, 5) is 0.225. The lowest BCUT2D eigenvalue weighted by Crippen LogP contribution is -2.11. The molecule has 0 bridgehead atoms. The van der Waals surface area contributed by atoms with Gasteiger partial charge in [0.2, 0.25) is 0 Å². The highest BCUT2D eigenvalue weighted by atomic mass is 32.1. The fourth-order valence-electron chi connectivity index (χ4n) is 1.74. The average Bonchev–Trinajstić information content (AvgIpc) is 2.35. The van der Waals surface area contributed by atoms with Crippen molar-refractivity contribution in [3.05, 3.63) is 58.9 Å². The normalized spacial score (nSPS) is 10.3. The first-order valence-corrected chi connectivity index (χ1v) is 6.23. The van der Waals surface area contributed by atoms with Crippen LogP contribution in [-0.4, -0.2) is 4.99 Å². The lowest BCUT2D eigenvalue weighted by atomic mass is 10.1. The molecule has 19 heavy (non-hydrogen) atoms. The van der Waals surface area contributed by atoms with Gasteiger partial charge in [0.25, 0.3) is 0 Å². The van der Waals surface area contributed by atoms with E-state index in [4.69, 9.17) is 22.7 Å². The first-order valence-electron chi connectivity index (χ1n) is 5.82. The van der Waals surface area contributed by atoms with E-state index in [1.807, 2.05) is 13.0 Å². The molecule has 2 N–H and O–H groups in total. The number of halogens is 1. The number of ether oxygens (including phenoxy) is 1. The quantitative estimate of drug-likeness (QED) is 0.864. The second-order valence-corrected chi connectivity index (χ2v) is 4.79. The summed E-state index contributed by atoms with van der Waals surface area (Å²) in [6, 6.07) is 10.5. The van der Waals surface area contributed by atoms with Gasteiger partial charge in [-0.1, -0.05) is 30.4 Å². The first-order chi connectivity index (χ1) is 8.99. The molecule has 2 rings (SSSR count). The molecule has 0 aromatic heterocycles. The predicted molar refractivity (Wildman–Crippen MR) is 78.3 cm³/mol. The summed E-state index contributed by atoms with van der Waals surface area (Å²) in [6.07, 6.45) is 0. The number of aryl methyl sites for hydroxylation is 2. The summed E-state index contributed by atoms with van der Waals surface area (Å²) >= 11 is 4.97. The van der Waals surface area contributed by atoms with E-state index in [0.717, 1.165) is 5.56 Å². The molecule has 2 aromatic carbocycles. The van der Waals surface area contributed by atoms with Crippen molar-refractivity contribution in [2.24, 2.45) is 5.73 Å². The monoisotopic (exact) mass is 275 g/mol. The van der Waals surface area contributed by atoms with Crippen LogP contribution in [0, 0.1) is 19.7 Å². The number of nitrogens with two attached hydrogens (primary N) is 1. The molecule has 0 fully saturated rings. The standard InChI is InChI=1S/C15H14FNOS/c1-9-6-7-11(15(17)19)13(8-9)18-12-5-3-4-10(2)14(12)16/h3-8H,1-2H3,(H2,17,19). The highest BCUT2D eigenvalue weighted by Crippen LogP contribution is 2.29. The Bertz CT molecular complexity index is 640. The summed E-state index contributed by atoms with van der Waals surface area (Å²) in [5.41, 5.74) is 7.76. The van der Waals surface area contributed by atoms with Crippen molar-refractivity contribution in [2.45, 2.75) is 13.8 Å². The molecule has 0 saturated heterocycles. The minimum atomic E-state index is -0.377. The maximum absolute atomic E-state index is 13.9. The van der Waals surface area contributed by atoms with Gasteiger partial charge in [0, 0.05) is 0 Å². The zero-order valence-electron chi connectivity index (χ0n) is 10.7. The third kappa shape index (κ3) is 2.90. The summed E-state index contributed by atoms with van der Waals surface area (Å²) in [6.45, 7) is 3.61. The minimum Gasteiger partial charge on any atom is -0.454 e. The van der Waals surface area contributed by atoms with Crippen molar-refractivity contribution < 1.29 is 9.13 Å². The van der Waals surface area contributed by atoms with Crippen molar-refractivity contribution in [1.82, 2.24) is 0 Å². The Hall–Kier alpha value is -1.94. The number of hydrogen-bond acceptors (Lipinski definition) is 2. The molecular formula is C15H14FNOS. The van der Waals surface area contributed by atoms with E-state index >= 15 is 0 Å². The lowest BCUT2D eigenvalue weighted by molar-refractivity contribution is 0.439. The van der Waals surface area contributed by atoms with Gasteiger partial charge < -0.3 is 10.5 Å². The molecule has 0 radical (unpaired) electrons. The summed E-state index contributed by atoms with van der Waals surface area (Å²) in [5, 5.41) is 0. The molecule has 2 aromatic rings. The SMILES string of the molecule is Cc1ccc(C(N)=S)c(Oc2cccc(C)c2F)c1. The zero-order valence-corrected chi connectivity index (χ0v) is 11.6. The molecule has 0 amide bonds. The molecule has 98 valence electrons. The smallest absolute Gasteiger partial charge is 0.168 e. The Kier molecular flexibility index (Phi) is 3.81. The van der Waals surface area contributed by atoms with E-state index < -0.39 is 0 Å². The Balaban J connectivity index is 2.45. The molecule has 0 aliphatic heterocycles. The van der Waals surface area contributed by atoms with Gasteiger partial charge in [0.05, 0.1) is 5.56 Å². The molecule has 0 aliphatic rings. The van der Waals surface area contributed by atoms with Crippen LogP contribution in [0.5, 0.6) is 11.5 Å². The molecule has 4 heteroatoms. The van der Waals surface area contributed by atoms with E-state index in [-0.39, 0.29) is 16.6 Å². The van der Waals surface area contributed by atoms with Crippen molar-refractivity contribution in [2.75, 3.05) is 0 Å². The van der Waals surface area contributed by atoms with Gasteiger partial charge in [-0.05, 0) is 43.2 Å². The van der Waals surface area contributed by atoms with Gasteiger partial charge in [-0.15, -0.1) is 0 Å². The topological polar surface area (TPSA) is 35.2 Å². The van der Waals surface area contributed by atoms with Crippen molar-refractivity contribution in [3.8, 4) is 11.5 Å². The van der Waals surface area contributed by atoms with Crippen LogP contribution >= 0.6 is 12.2 Å². The Labute approximate surface area is 117 Å². The van der Waals surface area contributed by atoms with Gasteiger partial charge >= 0.3 is 0 Å². The number of hydrogen-bond donors (Lipinski definition) is 1. The fourth-order valence-corrected chi connectivity index (χ4v) is 1.90. The molecule has 0 spiro atoms. The van der Waals surface area contributed by atoms with Crippen molar-refractivity contribution in [3.63, 3.8) is 0 Å². The molecule has 2 nitrogen and oxygen atoms in total. The predicted octanol–water partition coefficient (Wildman–Crippen LogP) is 3.87. The average molecular weight is 275 g/mol. The largest absolute Gasteiger partial charge is 0.454 e. The maximum Gasteiger partial charge on any atom is 0.168 e. The summed E-state index contributed by atoms with van der Waals surface area (Å²) < 4.78 is 19.6.